The van der Waals surface area contributed by atoms with E-state index in [1.54, 1.807) is 28.4 Å². The molecule has 0 aliphatic rings. The Morgan fingerprint density at radius 3 is 1.00 bits per heavy atom. The van der Waals surface area contributed by atoms with Crippen molar-refractivity contribution in [1.82, 2.24) is 0 Å². The lowest BCUT2D eigenvalue weighted by atomic mass is 9.72. The number of rotatable bonds is 12. The fourth-order valence-electron chi connectivity index (χ4n) is 5.38. The van der Waals surface area contributed by atoms with Gasteiger partial charge >= 0.3 is 0 Å². The van der Waals surface area contributed by atoms with Crippen LogP contribution in [0.2, 0.25) is 0 Å². The number of hydrogen-bond acceptors (Lipinski definition) is 5. The predicted octanol–water partition coefficient (Wildman–Crippen LogP) is 6.41. The van der Waals surface area contributed by atoms with Crippen molar-refractivity contribution in [3.8, 4) is 0 Å². The van der Waals surface area contributed by atoms with Gasteiger partial charge in [0.1, 0.15) is 11.8 Å². The molecule has 4 aromatic rings. The number of Topliss-reactive ketones (excluding diaryl/α,β-unsaturated/α-hetero) is 1. The first-order valence-corrected chi connectivity index (χ1v) is 12.5. The van der Waals surface area contributed by atoms with Gasteiger partial charge in [0.2, 0.25) is 11.6 Å². The highest BCUT2D eigenvalue weighted by molar-refractivity contribution is 5.94. The molecule has 5 heteroatoms. The molecule has 38 heavy (non-hydrogen) atoms. The fourth-order valence-corrected chi connectivity index (χ4v) is 5.38. The molecule has 4 aromatic carbocycles. The summed E-state index contributed by atoms with van der Waals surface area (Å²) in [7, 11) is 6.26. The molecule has 0 N–H and O–H groups in total. The first kappa shape index (κ1) is 27.4. The number of methoxy groups -OCH3 is 4. The van der Waals surface area contributed by atoms with Crippen molar-refractivity contribution in [2.24, 2.45) is 0 Å². The highest BCUT2D eigenvalue weighted by Crippen LogP contribution is 2.49. The first-order valence-electron chi connectivity index (χ1n) is 12.5. The van der Waals surface area contributed by atoms with E-state index in [2.05, 4.69) is 0 Å². The van der Waals surface area contributed by atoms with Crippen molar-refractivity contribution < 1.29 is 23.7 Å². The van der Waals surface area contributed by atoms with Gasteiger partial charge in [-0.15, -0.1) is 0 Å². The third-order valence-electron chi connectivity index (χ3n) is 7.16. The molecular formula is C33H34O5. The van der Waals surface area contributed by atoms with E-state index in [1.807, 2.05) is 121 Å². The molecule has 0 amide bonds. The van der Waals surface area contributed by atoms with Crippen LogP contribution >= 0.6 is 0 Å². The van der Waals surface area contributed by atoms with Crippen molar-refractivity contribution in [2.75, 3.05) is 28.4 Å². The topological polar surface area (TPSA) is 54.0 Å². The van der Waals surface area contributed by atoms with Crippen LogP contribution in [0.15, 0.2) is 121 Å². The summed E-state index contributed by atoms with van der Waals surface area (Å²) in [6.45, 7) is 0. The molecule has 0 aromatic heterocycles. The summed E-state index contributed by atoms with van der Waals surface area (Å²) >= 11 is 0. The van der Waals surface area contributed by atoms with E-state index in [0.29, 0.717) is 0 Å². The molecule has 2 atom stereocenters. The number of ketones is 1. The number of hydrogen-bond donors (Lipinski definition) is 0. The minimum absolute atomic E-state index is 0.178. The average Bonchev–Trinajstić information content (AvgIpc) is 3.00. The molecule has 0 saturated heterocycles. The second kappa shape index (κ2) is 12.3. The summed E-state index contributed by atoms with van der Waals surface area (Å²) < 4.78 is 24.6. The Labute approximate surface area is 225 Å². The number of carbonyl (C=O) groups excluding carboxylic acids is 1. The summed E-state index contributed by atoms with van der Waals surface area (Å²) in [6, 6.07) is 38.2. The number of carbonyl (C=O) groups is 1. The van der Waals surface area contributed by atoms with E-state index in [4.69, 9.17) is 18.9 Å². The van der Waals surface area contributed by atoms with Crippen LogP contribution in [-0.4, -0.2) is 34.2 Å². The van der Waals surface area contributed by atoms with E-state index in [9.17, 15) is 0 Å². The van der Waals surface area contributed by atoms with Gasteiger partial charge in [-0.05, 0) is 11.1 Å². The van der Waals surface area contributed by atoms with Gasteiger partial charge in [0.25, 0.3) is 0 Å². The Hall–Kier alpha value is -3.61. The van der Waals surface area contributed by atoms with Crippen molar-refractivity contribution in [1.29, 1.82) is 0 Å². The minimum atomic E-state index is -1.42. The third-order valence-corrected chi connectivity index (χ3v) is 7.16. The molecule has 0 bridgehead atoms. The standard InChI is InChI=1S/C33H34O5/c1-35-32(36-2,27-21-13-7-14-22-27)29(25-17-9-5-10-18-25)31(34)30(26-19-11-6-12-20-26)33(37-3,38-4)28-23-15-8-16-24-28/h5-24,29-30H,1-4H3. The van der Waals surface area contributed by atoms with Gasteiger partial charge in [-0.1, -0.05) is 121 Å². The Bertz CT molecular complexity index is 1170. The molecule has 0 heterocycles. The molecule has 0 aliphatic carbocycles. The van der Waals surface area contributed by atoms with Crippen molar-refractivity contribution >= 4 is 5.78 Å². The zero-order valence-electron chi connectivity index (χ0n) is 22.2. The Kier molecular flexibility index (Phi) is 8.87. The first-order chi connectivity index (χ1) is 18.6. The zero-order valence-corrected chi connectivity index (χ0v) is 22.2. The molecular weight excluding hydrogens is 476 g/mol. The van der Waals surface area contributed by atoms with Gasteiger partial charge < -0.3 is 18.9 Å². The minimum Gasteiger partial charge on any atom is -0.348 e. The average molecular weight is 511 g/mol. The van der Waals surface area contributed by atoms with Crippen LogP contribution in [0, 0.1) is 0 Å². The normalized spacial score (nSPS) is 13.6. The molecule has 0 radical (unpaired) electrons. The van der Waals surface area contributed by atoms with Crippen LogP contribution in [-0.2, 0) is 35.3 Å². The smallest absolute Gasteiger partial charge is 0.208 e. The second-order valence-corrected chi connectivity index (χ2v) is 8.97. The summed E-state index contributed by atoms with van der Waals surface area (Å²) in [5.74, 6) is -4.77. The maximum atomic E-state index is 15.2. The third kappa shape index (κ3) is 4.94. The fraction of sp³-hybridized carbons (Fsp3) is 0.242. The molecule has 2 unspecified atom stereocenters. The quantitative estimate of drug-likeness (QED) is 0.206. The van der Waals surface area contributed by atoms with E-state index in [-0.39, 0.29) is 5.78 Å². The van der Waals surface area contributed by atoms with Gasteiger partial charge in [-0.25, -0.2) is 0 Å². The van der Waals surface area contributed by atoms with Crippen LogP contribution in [0.5, 0.6) is 0 Å². The van der Waals surface area contributed by atoms with Crippen LogP contribution < -0.4 is 0 Å². The molecule has 5 nitrogen and oxygen atoms in total. The van der Waals surface area contributed by atoms with Gasteiger partial charge in [-0.2, -0.15) is 0 Å². The van der Waals surface area contributed by atoms with E-state index < -0.39 is 23.4 Å². The monoisotopic (exact) mass is 510 g/mol. The summed E-state index contributed by atoms with van der Waals surface area (Å²) in [5.41, 5.74) is 2.94. The molecule has 4 rings (SSSR count). The Balaban J connectivity index is 2.02. The maximum Gasteiger partial charge on any atom is 0.208 e. The van der Waals surface area contributed by atoms with E-state index >= 15 is 4.79 Å². The Morgan fingerprint density at radius 1 is 0.474 bits per heavy atom. The van der Waals surface area contributed by atoms with Gasteiger partial charge in [-0.3, -0.25) is 4.79 Å². The van der Waals surface area contributed by atoms with Gasteiger partial charge in [0.15, 0.2) is 5.78 Å². The SMILES string of the molecule is COC(OC)(c1ccccc1)C(C(=O)C(c1ccccc1)C(OC)(OC)c1ccccc1)c1ccccc1. The largest absolute Gasteiger partial charge is 0.348 e. The number of ether oxygens (including phenoxy) is 4. The maximum absolute atomic E-state index is 15.2. The lowest BCUT2D eigenvalue weighted by Gasteiger charge is -2.43. The van der Waals surface area contributed by atoms with Gasteiger partial charge in [0, 0.05) is 39.6 Å². The zero-order chi connectivity index (χ0) is 27.0. The van der Waals surface area contributed by atoms with Crippen LogP contribution in [0.1, 0.15) is 34.1 Å². The molecule has 196 valence electrons. The van der Waals surface area contributed by atoms with E-state index in [0.717, 1.165) is 22.3 Å². The van der Waals surface area contributed by atoms with E-state index in [1.165, 1.54) is 0 Å². The van der Waals surface area contributed by atoms with Crippen LogP contribution in [0.4, 0.5) is 0 Å². The Morgan fingerprint density at radius 2 is 0.737 bits per heavy atom. The highest BCUT2D eigenvalue weighted by Gasteiger charge is 2.54. The summed E-state index contributed by atoms with van der Waals surface area (Å²) in [5, 5.41) is 0. The van der Waals surface area contributed by atoms with Crippen molar-refractivity contribution in [3.05, 3.63) is 144 Å². The lowest BCUT2D eigenvalue weighted by molar-refractivity contribution is -0.245. The molecule has 0 aliphatic heterocycles. The predicted molar refractivity (Wildman–Crippen MR) is 148 cm³/mol. The number of benzene rings is 4. The summed E-state index contributed by atoms with van der Waals surface area (Å²) in [4.78, 5) is 15.2. The van der Waals surface area contributed by atoms with Crippen LogP contribution in [0.3, 0.4) is 0 Å². The van der Waals surface area contributed by atoms with Crippen molar-refractivity contribution in [2.45, 2.75) is 23.4 Å². The highest BCUT2D eigenvalue weighted by atomic mass is 16.7. The molecule has 0 fully saturated rings. The van der Waals surface area contributed by atoms with Gasteiger partial charge in [0.05, 0.1) is 0 Å². The molecule has 0 spiro atoms. The lowest BCUT2D eigenvalue weighted by Crippen LogP contribution is -2.49. The van der Waals surface area contributed by atoms with Crippen molar-refractivity contribution in [3.63, 3.8) is 0 Å². The second-order valence-electron chi connectivity index (χ2n) is 8.97. The molecule has 0 saturated carbocycles. The summed E-state index contributed by atoms with van der Waals surface area (Å²) in [6.07, 6.45) is 0. The van der Waals surface area contributed by atoms with Crippen LogP contribution in [0.25, 0.3) is 0 Å².